The molecule has 0 saturated heterocycles. The summed E-state index contributed by atoms with van der Waals surface area (Å²) in [5.74, 6) is 0.270. The minimum absolute atomic E-state index is 0.270. The normalized spacial score (nSPS) is 14.5. The van der Waals surface area contributed by atoms with Gasteiger partial charge in [-0.25, -0.2) is 4.68 Å². The number of carbonyl (C=O) groups excluding carboxylic acids is 1. The third-order valence-electron chi connectivity index (χ3n) is 3.64. The number of para-hydroxylation sites is 1. The molecule has 98 valence electrons. The van der Waals surface area contributed by atoms with Crippen molar-refractivity contribution in [3.8, 4) is 5.69 Å². The van der Waals surface area contributed by atoms with Gasteiger partial charge >= 0.3 is 0 Å². The number of fused-ring (bicyclic) bond motifs is 1. The van der Waals surface area contributed by atoms with Crippen molar-refractivity contribution in [2.75, 3.05) is 0 Å². The highest BCUT2D eigenvalue weighted by molar-refractivity contribution is 5.99. The van der Waals surface area contributed by atoms with E-state index >= 15 is 0 Å². The zero-order valence-electron chi connectivity index (χ0n) is 11.2. The first-order valence-corrected chi connectivity index (χ1v) is 7.00. The molecular weight excluding hydrogens is 236 g/mol. The van der Waals surface area contributed by atoms with E-state index in [0.717, 1.165) is 48.3 Å². The van der Waals surface area contributed by atoms with Gasteiger partial charge in [-0.05, 0) is 31.4 Å². The molecule has 1 aromatic heterocycles. The Kier molecular flexibility index (Phi) is 3.20. The Balaban J connectivity index is 2.16. The molecule has 3 heteroatoms. The smallest absolute Gasteiger partial charge is 0.166 e. The fourth-order valence-electron chi connectivity index (χ4n) is 2.79. The summed E-state index contributed by atoms with van der Waals surface area (Å²) in [5.41, 5.74) is 4.03. The van der Waals surface area contributed by atoms with E-state index in [2.05, 4.69) is 6.92 Å². The predicted molar refractivity (Wildman–Crippen MR) is 74.8 cm³/mol. The Labute approximate surface area is 113 Å². The number of carbonyl (C=O) groups is 1. The number of Topliss-reactive ketones (excluding diaryl/α,β-unsaturated/α-hetero) is 1. The van der Waals surface area contributed by atoms with Gasteiger partial charge in [-0.1, -0.05) is 31.5 Å². The van der Waals surface area contributed by atoms with Crippen molar-refractivity contribution in [3.63, 3.8) is 0 Å². The van der Waals surface area contributed by atoms with Crippen molar-refractivity contribution in [2.45, 2.75) is 39.0 Å². The molecule has 0 amide bonds. The molecule has 3 rings (SSSR count). The lowest BCUT2D eigenvalue weighted by molar-refractivity contribution is 0.0971. The molecule has 0 saturated carbocycles. The third kappa shape index (κ3) is 2.09. The minimum atomic E-state index is 0.270. The SMILES string of the molecule is CCCc1nn(-c2ccccc2)c2c1C(=O)CCC2. The lowest BCUT2D eigenvalue weighted by atomic mass is 9.93. The summed E-state index contributed by atoms with van der Waals surface area (Å²) in [7, 11) is 0. The Hall–Kier alpha value is -1.90. The van der Waals surface area contributed by atoms with E-state index in [1.54, 1.807) is 0 Å². The van der Waals surface area contributed by atoms with E-state index in [1.165, 1.54) is 0 Å². The van der Waals surface area contributed by atoms with Gasteiger partial charge in [0.05, 0.1) is 22.6 Å². The van der Waals surface area contributed by atoms with Crippen LogP contribution < -0.4 is 0 Å². The maximum absolute atomic E-state index is 12.2. The molecule has 1 heterocycles. The molecule has 0 N–H and O–H groups in total. The van der Waals surface area contributed by atoms with Crippen LogP contribution >= 0.6 is 0 Å². The summed E-state index contributed by atoms with van der Waals surface area (Å²) >= 11 is 0. The van der Waals surface area contributed by atoms with Gasteiger partial charge in [-0.3, -0.25) is 4.79 Å². The topological polar surface area (TPSA) is 34.9 Å². The molecule has 1 aliphatic rings. The summed E-state index contributed by atoms with van der Waals surface area (Å²) in [5, 5.41) is 4.70. The zero-order valence-corrected chi connectivity index (χ0v) is 11.2. The third-order valence-corrected chi connectivity index (χ3v) is 3.64. The Morgan fingerprint density at radius 1 is 1.21 bits per heavy atom. The number of aryl methyl sites for hydroxylation is 1. The van der Waals surface area contributed by atoms with E-state index in [0.29, 0.717) is 6.42 Å². The van der Waals surface area contributed by atoms with Gasteiger partial charge in [-0.2, -0.15) is 5.10 Å². The summed E-state index contributed by atoms with van der Waals surface area (Å²) in [6.45, 7) is 2.13. The first-order chi connectivity index (χ1) is 9.31. The van der Waals surface area contributed by atoms with Crippen LogP contribution in [0.2, 0.25) is 0 Å². The average molecular weight is 254 g/mol. The van der Waals surface area contributed by atoms with Crippen molar-refractivity contribution in [3.05, 3.63) is 47.3 Å². The zero-order chi connectivity index (χ0) is 13.2. The number of hydrogen-bond acceptors (Lipinski definition) is 2. The van der Waals surface area contributed by atoms with Crippen LogP contribution in [0, 0.1) is 0 Å². The molecule has 3 nitrogen and oxygen atoms in total. The van der Waals surface area contributed by atoms with Crippen LogP contribution in [-0.4, -0.2) is 15.6 Å². The number of aromatic nitrogens is 2. The number of ketones is 1. The number of rotatable bonds is 3. The predicted octanol–water partition coefficient (Wildman–Crippen LogP) is 3.34. The second kappa shape index (κ2) is 5.00. The van der Waals surface area contributed by atoms with Crippen molar-refractivity contribution in [1.29, 1.82) is 0 Å². The van der Waals surface area contributed by atoms with Gasteiger partial charge < -0.3 is 0 Å². The fourth-order valence-corrected chi connectivity index (χ4v) is 2.79. The highest BCUT2D eigenvalue weighted by Crippen LogP contribution is 2.27. The quantitative estimate of drug-likeness (QED) is 0.842. The van der Waals surface area contributed by atoms with Crippen LogP contribution in [0.5, 0.6) is 0 Å². The first kappa shape index (κ1) is 12.2. The highest BCUT2D eigenvalue weighted by Gasteiger charge is 2.26. The molecule has 0 unspecified atom stereocenters. The van der Waals surface area contributed by atoms with E-state index in [9.17, 15) is 4.79 Å². The maximum atomic E-state index is 12.2. The molecular formula is C16H18N2O. The average Bonchev–Trinajstić information content (AvgIpc) is 2.81. The molecule has 1 aromatic carbocycles. The second-order valence-electron chi connectivity index (χ2n) is 5.04. The monoisotopic (exact) mass is 254 g/mol. The van der Waals surface area contributed by atoms with Gasteiger partial charge in [0.1, 0.15) is 0 Å². The second-order valence-corrected chi connectivity index (χ2v) is 5.04. The van der Waals surface area contributed by atoms with Gasteiger partial charge in [-0.15, -0.1) is 0 Å². The molecule has 0 fully saturated rings. The van der Waals surface area contributed by atoms with Gasteiger partial charge in [0.15, 0.2) is 5.78 Å². The van der Waals surface area contributed by atoms with Crippen LogP contribution in [0.4, 0.5) is 0 Å². The minimum Gasteiger partial charge on any atom is -0.294 e. The Morgan fingerprint density at radius 3 is 2.74 bits per heavy atom. The number of benzene rings is 1. The molecule has 0 spiro atoms. The van der Waals surface area contributed by atoms with Crippen molar-refractivity contribution < 1.29 is 4.79 Å². The summed E-state index contributed by atoms with van der Waals surface area (Å²) in [4.78, 5) is 12.2. The van der Waals surface area contributed by atoms with Crippen LogP contribution in [-0.2, 0) is 12.8 Å². The molecule has 0 aliphatic heterocycles. The summed E-state index contributed by atoms with van der Waals surface area (Å²) in [6.07, 6.45) is 4.46. The molecule has 2 aromatic rings. The first-order valence-electron chi connectivity index (χ1n) is 7.00. The lowest BCUT2D eigenvalue weighted by Gasteiger charge is -2.13. The largest absolute Gasteiger partial charge is 0.294 e. The van der Waals surface area contributed by atoms with E-state index in [1.807, 2.05) is 35.0 Å². The van der Waals surface area contributed by atoms with Crippen LogP contribution in [0.1, 0.15) is 47.9 Å². The standard InChI is InChI=1S/C16H18N2O/c1-2-7-13-16-14(10-6-11-15(16)19)18(17-13)12-8-4-3-5-9-12/h3-5,8-9H,2,6-7,10-11H2,1H3. The molecule has 1 aliphatic carbocycles. The lowest BCUT2D eigenvalue weighted by Crippen LogP contribution is -2.13. The fraction of sp³-hybridized carbons (Fsp3) is 0.375. The summed E-state index contributed by atoms with van der Waals surface area (Å²) in [6, 6.07) is 10.1. The van der Waals surface area contributed by atoms with Crippen molar-refractivity contribution >= 4 is 5.78 Å². The van der Waals surface area contributed by atoms with E-state index < -0.39 is 0 Å². The Bertz CT molecular complexity index is 599. The van der Waals surface area contributed by atoms with Crippen molar-refractivity contribution in [2.24, 2.45) is 0 Å². The van der Waals surface area contributed by atoms with Crippen LogP contribution in [0.3, 0.4) is 0 Å². The number of nitrogens with zero attached hydrogens (tertiary/aromatic N) is 2. The van der Waals surface area contributed by atoms with E-state index in [-0.39, 0.29) is 5.78 Å². The van der Waals surface area contributed by atoms with Gasteiger partial charge in [0.25, 0.3) is 0 Å². The van der Waals surface area contributed by atoms with Gasteiger partial charge in [0.2, 0.25) is 0 Å². The molecule has 0 radical (unpaired) electrons. The highest BCUT2D eigenvalue weighted by atomic mass is 16.1. The Morgan fingerprint density at radius 2 is 2.00 bits per heavy atom. The van der Waals surface area contributed by atoms with E-state index in [4.69, 9.17) is 5.10 Å². The number of hydrogen-bond donors (Lipinski definition) is 0. The maximum Gasteiger partial charge on any atom is 0.166 e. The van der Waals surface area contributed by atoms with Gasteiger partial charge in [0, 0.05) is 6.42 Å². The molecule has 19 heavy (non-hydrogen) atoms. The molecule has 0 bridgehead atoms. The van der Waals surface area contributed by atoms with Crippen LogP contribution in [0.25, 0.3) is 5.69 Å². The van der Waals surface area contributed by atoms with Crippen LogP contribution in [0.15, 0.2) is 30.3 Å². The molecule has 0 atom stereocenters. The van der Waals surface area contributed by atoms with Crippen molar-refractivity contribution in [1.82, 2.24) is 9.78 Å². The summed E-state index contributed by atoms with van der Waals surface area (Å²) < 4.78 is 1.97.